The van der Waals surface area contributed by atoms with Crippen molar-refractivity contribution >= 4 is 18.2 Å². The van der Waals surface area contributed by atoms with Gasteiger partial charge in [0.05, 0.1) is 18.3 Å². The number of hydrogen-bond donors (Lipinski definition) is 1. The molecule has 1 N–H and O–H groups in total. The summed E-state index contributed by atoms with van der Waals surface area (Å²) >= 11 is 0. The number of amides is 2. The number of ether oxygens (including phenoxy) is 2. The van der Waals surface area contributed by atoms with Crippen LogP contribution in [0.3, 0.4) is 0 Å². The van der Waals surface area contributed by atoms with Crippen molar-refractivity contribution in [2.24, 2.45) is 0 Å². The predicted octanol–water partition coefficient (Wildman–Crippen LogP) is 5.07. The van der Waals surface area contributed by atoms with E-state index < -0.39 is 23.8 Å². The number of aromatic nitrogens is 2. The van der Waals surface area contributed by atoms with Gasteiger partial charge in [-0.1, -0.05) is 48.5 Å². The van der Waals surface area contributed by atoms with E-state index in [0.717, 1.165) is 11.1 Å². The zero-order valence-electron chi connectivity index (χ0n) is 23.5. The van der Waals surface area contributed by atoms with E-state index in [-0.39, 0.29) is 30.8 Å². The van der Waals surface area contributed by atoms with Crippen LogP contribution in [0.2, 0.25) is 0 Å². The Morgan fingerprint density at radius 1 is 0.951 bits per heavy atom. The van der Waals surface area contributed by atoms with Gasteiger partial charge in [-0.15, -0.1) is 0 Å². The summed E-state index contributed by atoms with van der Waals surface area (Å²) in [4.78, 5) is 41.2. The molecule has 1 saturated heterocycles. The molecule has 3 aromatic rings. The Balaban J connectivity index is 1.14. The van der Waals surface area contributed by atoms with Crippen molar-refractivity contribution in [3.05, 3.63) is 76.6 Å². The van der Waals surface area contributed by atoms with Crippen LogP contribution in [-0.4, -0.2) is 74.7 Å². The maximum Gasteiger partial charge on any atom is 0.410 e. The lowest BCUT2D eigenvalue weighted by molar-refractivity contribution is 0.0221. The highest BCUT2D eigenvalue weighted by Gasteiger charge is 2.37. The lowest BCUT2D eigenvalue weighted by atomic mass is 9.98. The molecule has 0 saturated carbocycles. The second kappa shape index (κ2) is 10.2. The summed E-state index contributed by atoms with van der Waals surface area (Å²) in [6, 6.07) is 16.1. The normalized spacial score (nSPS) is 18.1. The van der Waals surface area contributed by atoms with E-state index >= 15 is 0 Å². The molecule has 0 bridgehead atoms. The lowest BCUT2D eigenvalue weighted by Gasteiger charge is -2.29. The van der Waals surface area contributed by atoms with Crippen LogP contribution in [-0.2, 0) is 22.4 Å². The molecular weight excluding hydrogens is 524 g/mol. The van der Waals surface area contributed by atoms with E-state index in [4.69, 9.17) is 9.47 Å². The van der Waals surface area contributed by atoms with Gasteiger partial charge in [-0.3, -0.25) is 4.68 Å². The number of aromatic carboxylic acids is 1. The van der Waals surface area contributed by atoms with Crippen LogP contribution in [0.5, 0.6) is 0 Å². The van der Waals surface area contributed by atoms with E-state index in [1.807, 2.05) is 24.3 Å². The molecule has 1 atom stereocenters. The molecule has 214 valence electrons. The van der Waals surface area contributed by atoms with Crippen LogP contribution in [0.15, 0.2) is 48.5 Å². The third kappa shape index (κ3) is 5.03. The summed E-state index contributed by atoms with van der Waals surface area (Å²) in [7, 11) is 0. The van der Waals surface area contributed by atoms with E-state index in [9.17, 15) is 19.5 Å². The first-order chi connectivity index (χ1) is 19.6. The van der Waals surface area contributed by atoms with Crippen LogP contribution in [0.25, 0.3) is 11.1 Å². The van der Waals surface area contributed by atoms with Crippen LogP contribution in [0.1, 0.15) is 72.0 Å². The fourth-order valence-electron chi connectivity index (χ4n) is 6.18. The summed E-state index contributed by atoms with van der Waals surface area (Å²) in [6.07, 6.45) is 0.0657. The number of rotatable bonds is 4. The molecule has 2 aliphatic heterocycles. The van der Waals surface area contributed by atoms with Gasteiger partial charge in [0.2, 0.25) is 0 Å². The Labute approximate surface area is 238 Å². The zero-order valence-corrected chi connectivity index (χ0v) is 23.5. The number of likely N-dealkylation sites (tertiary alicyclic amines) is 1. The standard InChI is InChI=1S/C31H34N4O6/c1-31(2,3)41-30(39)34-15-13-24-26(17-34)32-35(27(24)28(36)37)19-12-14-33(16-19)29(38)40-18-25-22-10-6-4-8-20(22)21-9-5-7-11-23(21)25/h4-11,19,25H,12-18H2,1-3H3,(H,36,37). The molecule has 2 amide bonds. The van der Waals surface area contributed by atoms with Gasteiger partial charge in [-0.05, 0) is 55.9 Å². The van der Waals surface area contributed by atoms with Gasteiger partial charge in [0, 0.05) is 31.1 Å². The van der Waals surface area contributed by atoms with Crippen LogP contribution in [0.4, 0.5) is 9.59 Å². The van der Waals surface area contributed by atoms with Crippen LogP contribution >= 0.6 is 0 Å². The highest BCUT2D eigenvalue weighted by Crippen LogP contribution is 2.44. The first kappa shape index (κ1) is 26.9. The molecule has 3 aliphatic rings. The fourth-order valence-corrected chi connectivity index (χ4v) is 6.18. The van der Waals surface area contributed by atoms with Gasteiger partial charge in [-0.2, -0.15) is 5.10 Å². The quantitative estimate of drug-likeness (QED) is 0.476. The third-order valence-electron chi connectivity index (χ3n) is 8.02. The number of fused-ring (bicyclic) bond motifs is 4. The Kier molecular flexibility index (Phi) is 6.71. The maximum atomic E-state index is 13.1. The SMILES string of the molecule is CC(C)(C)OC(=O)N1CCc2c(nn(C3CCN(C(=O)OCC4c5ccccc5-c5ccccc54)C3)c2C(=O)O)C1. The van der Waals surface area contributed by atoms with E-state index in [2.05, 4.69) is 29.4 Å². The molecule has 0 spiro atoms. The van der Waals surface area contributed by atoms with Crippen molar-refractivity contribution < 1.29 is 29.0 Å². The second-order valence-electron chi connectivity index (χ2n) is 11.9. The van der Waals surface area contributed by atoms with Gasteiger partial charge in [-0.25, -0.2) is 14.4 Å². The second-order valence-corrected chi connectivity index (χ2v) is 11.9. The minimum Gasteiger partial charge on any atom is -0.477 e. The molecule has 3 heterocycles. The topological polar surface area (TPSA) is 114 Å². The summed E-state index contributed by atoms with van der Waals surface area (Å²) < 4.78 is 12.9. The first-order valence-electron chi connectivity index (χ1n) is 14.0. The minimum atomic E-state index is -1.07. The van der Waals surface area contributed by atoms with E-state index in [1.165, 1.54) is 15.8 Å². The maximum absolute atomic E-state index is 13.1. The lowest BCUT2D eigenvalue weighted by Crippen LogP contribution is -2.40. The smallest absolute Gasteiger partial charge is 0.410 e. The van der Waals surface area contributed by atoms with E-state index in [0.29, 0.717) is 43.7 Å². The van der Waals surface area contributed by atoms with E-state index in [1.54, 1.807) is 30.6 Å². The number of benzene rings is 2. The van der Waals surface area contributed by atoms with Crippen molar-refractivity contribution in [2.75, 3.05) is 26.2 Å². The van der Waals surface area contributed by atoms with Gasteiger partial charge in [0.25, 0.3) is 0 Å². The Hall–Kier alpha value is -4.34. The molecule has 2 aromatic carbocycles. The molecule has 41 heavy (non-hydrogen) atoms. The van der Waals surface area contributed by atoms with Gasteiger partial charge >= 0.3 is 18.2 Å². The summed E-state index contributed by atoms with van der Waals surface area (Å²) in [5.41, 5.74) is 5.32. The number of carboxylic acid groups (broad SMARTS) is 1. The molecule has 10 nitrogen and oxygen atoms in total. The van der Waals surface area contributed by atoms with Crippen molar-refractivity contribution in [1.29, 1.82) is 0 Å². The summed E-state index contributed by atoms with van der Waals surface area (Å²) in [5.74, 6) is -1.10. The Bertz CT molecular complexity index is 1480. The number of carbonyl (C=O) groups is 3. The molecule has 1 fully saturated rings. The number of hydrogen-bond acceptors (Lipinski definition) is 6. The fraction of sp³-hybridized carbons (Fsp3) is 0.419. The number of nitrogens with zero attached hydrogens (tertiary/aromatic N) is 4. The summed E-state index contributed by atoms with van der Waals surface area (Å²) in [6.45, 7) is 6.91. The van der Waals surface area contributed by atoms with Crippen molar-refractivity contribution in [2.45, 2.75) is 57.7 Å². The molecular formula is C31H34N4O6. The average Bonchev–Trinajstić information content (AvgIpc) is 3.64. The Morgan fingerprint density at radius 2 is 1.61 bits per heavy atom. The van der Waals surface area contributed by atoms with Gasteiger partial charge < -0.3 is 24.4 Å². The van der Waals surface area contributed by atoms with Crippen LogP contribution in [0, 0.1) is 0 Å². The molecule has 6 rings (SSSR count). The predicted molar refractivity (Wildman–Crippen MR) is 150 cm³/mol. The van der Waals surface area contributed by atoms with Crippen molar-refractivity contribution in [3.63, 3.8) is 0 Å². The van der Waals surface area contributed by atoms with Gasteiger partial charge in [0.1, 0.15) is 17.9 Å². The molecule has 0 radical (unpaired) electrons. The largest absolute Gasteiger partial charge is 0.477 e. The monoisotopic (exact) mass is 558 g/mol. The Morgan fingerprint density at radius 3 is 2.24 bits per heavy atom. The van der Waals surface area contributed by atoms with Crippen molar-refractivity contribution in [3.8, 4) is 11.1 Å². The highest BCUT2D eigenvalue weighted by atomic mass is 16.6. The van der Waals surface area contributed by atoms with Crippen molar-refractivity contribution in [1.82, 2.24) is 19.6 Å². The first-order valence-corrected chi connectivity index (χ1v) is 14.0. The molecule has 10 heteroatoms. The van der Waals surface area contributed by atoms with Gasteiger partial charge in [0.15, 0.2) is 0 Å². The number of carbonyl (C=O) groups excluding carboxylic acids is 2. The number of carboxylic acids is 1. The average molecular weight is 559 g/mol. The summed E-state index contributed by atoms with van der Waals surface area (Å²) in [5, 5.41) is 14.7. The molecule has 1 unspecified atom stereocenters. The highest BCUT2D eigenvalue weighted by molar-refractivity contribution is 5.88. The minimum absolute atomic E-state index is 0.0332. The molecule has 1 aromatic heterocycles. The molecule has 1 aliphatic carbocycles. The van der Waals surface area contributed by atoms with Crippen LogP contribution < -0.4 is 0 Å². The third-order valence-corrected chi connectivity index (χ3v) is 8.02. The zero-order chi connectivity index (χ0) is 28.9.